The molecule has 34 heavy (non-hydrogen) atoms. The Morgan fingerprint density at radius 1 is 0.971 bits per heavy atom. The molecule has 0 bridgehead atoms. The van der Waals surface area contributed by atoms with E-state index in [4.69, 9.17) is 4.74 Å². The van der Waals surface area contributed by atoms with Gasteiger partial charge in [-0.25, -0.2) is 9.69 Å². The number of rotatable bonds is 7. The lowest BCUT2D eigenvalue weighted by atomic mass is 10.1. The Balaban J connectivity index is 1.51. The van der Waals surface area contributed by atoms with Crippen molar-refractivity contribution in [2.45, 2.75) is 27.3 Å². The van der Waals surface area contributed by atoms with Crippen molar-refractivity contribution >= 4 is 29.3 Å². The number of para-hydroxylation sites is 1. The highest BCUT2D eigenvalue weighted by Crippen LogP contribution is 2.31. The number of amides is 2. The number of aryl methyl sites for hydroxylation is 2. The largest absolute Gasteiger partial charge is 0.454 e. The molecular weight excluding hydrogens is 432 g/mol. The lowest BCUT2D eigenvalue weighted by Gasteiger charge is -2.16. The third kappa shape index (κ3) is 3.85. The summed E-state index contributed by atoms with van der Waals surface area (Å²) in [7, 11) is 0. The second-order valence-corrected chi connectivity index (χ2v) is 8.18. The van der Waals surface area contributed by atoms with Crippen LogP contribution in [0, 0.1) is 20.8 Å². The molecule has 0 atom stereocenters. The summed E-state index contributed by atoms with van der Waals surface area (Å²) in [6, 6.07) is 13.1. The summed E-state index contributed by atoms with van der Waals surface area (Å²) in [5.74, 6) is -2.02. The number of Topliss-reactive ketones (excluding diaryl/α,β-unsaturated/α-hetero) is 1. The summed E-state index contributed by atoms with van der Waals surface area (Å²) in [6.07, 6.45) is 1.74. The van der Waals surface area contributed by atoms with Crippen molar-refractivity contribution in [1.82, 2.24) is 4.57 Å². The first-order chi connectivity index (χ1) is 16.2. The minimum Gasteiger partial charge on any atom is -0.454 e. The Morgan fingerprint density at radius 3 is 2.38 bits per heavy atom. The molecule has 7 nitrogen and oxygen atoms in total. The Labute approximate surface area is 197 Å². The van der Waals surface area contributed by atoms with Gasteiger partial charge in [-0.3, -0.25) is 14.4 Å². The smallest absolute Gasteiger partial charge is 0.338 e. The summed E-state index contributed by atoms with van der Waals surface area (Å²) >= 11 is 0. The van der Waals surface area contributed by atoms with E-state index in [0.29, 0.717) is 17.8 Å². The van der Waals surface area contributed by atoms with Crippen LogP contribution in [-0.4, -0.2) is 34.7 Å². The van der Waals surface area contributed by atoms with Crippen LogP contribution in [0.2, 0.25) is 0 Å². The van der Waals surface area contributed by atoms with Crippen molar-refractivity contribution in [3.05, 3.63) is 100 Å². The Kier molecular flexibility index (Phi) is 6.03. The maximum absolute atomic E-state index is 13.0. The number of carbonyl (C=O) groups excluding carboxylic acids is 4. The average molecular weight is 456 g/mol. The fraction of sp³-hybridized carbons (Fsp3) is 0.185. The van der Waals surface area contributed by atoms with Crippen molar-refractivity contribution in [1.29, 1.82) is 0 Å². The third-order valence-electron chi connectivity index (χ3n) is 6.00. The van der Waals surface area contributed by atoms with Gasteiger partial charge in [-0.15, -0.1) is 6.58 Å². The molecule has 0 saturated heterocycles. The molecule has 2 aromatic carbocycles. The Hall–Kier alpha value is -4.26. The number of anilines is 1. The Bertz CT molecular complexity index is 1370. The molecule has 0 radical (unpaired) electrons. The van der Waals surface area contributed by atoms with Crippen LogP contribution in [0.25, 0.3) is 0 Å². The second-order valence-electron chi connectivity index (χ2n) is 8.18. The van der Waals surface area contributed by atoms with Crippen LogP contribution in [0.5, 0.6) is 0 Å². The molecule has 7 heteroatoms. The van der Waals surface area contributed by atoms with E-state index in [0.717, 1.165) is 21.9 Å². The van der Waals surface area contributed by atoms with E-state index in [9.17, 15) is 19.2 Å². The van der Waals surface area contributed by atoms with Crippen LogP contribution in [0.4, 0.5) is 5.69 Å². The maximum Gasteiger partial charge on any atom is 0.338 e. The number of nitrogens with zero attached hydrogens (tertiary/aromatic N) is 2. The molecule has 1 aliphatic rings. The van der Waals surface area contributed by atoms with Gasteiger partial charge in [0.25, 0.3) is 11.8 Å². The molecule has 0 saturated carbocycles. The lowest BCUT2D eigenvalue weighted by Crippen LogP contribution is -2.29. The number of hydrogen-bond acceptors (Lipinski definition) is 5. The third-order valence-corrected chi connectivity index (χ3v) is 6.00. The van der Waals surface area contributed by atoms with E-state index in [2.05, 4.69) is 6.58 Å². The van der Waals surface area contributed by atoms with Gasteiger partial charge in [0.1, 0.15) is 0 Å². The van der Waals surface area contributed by atoms with Crippen LogP contribution in [-0.2, 0) is 11.3 Å². The van der Waals surface area contributed by atoms with Crippen LogP contribution in [0.15, 0.2) is 61.2 Å². The highest BCUT2D eigenvalue weighted by Gasteiger charge is 2.37. The van der Waals surface area contributed by atoms with Crippen LogP contribution in [0.1, 0.15) is 58.4 Å². The van der Waals surface area contributed by atoms with Gasteiger partial charge in [0.05, 0.1) is 22.4 Å². The number of ether oxygens (including phenoxy) is 1. The molecule has 172 valence electrons. The fourth-order valence-corrected chi connectivity index (χ4v) is 4.19. The summed E-state index contributed by atoms with van der Waals surface area (Å²) < 4.78 is 7.18. The SMILES string of the molecule is C=CCn1c(C)cc(C(=O)COC(=O)c2ccc3c(c2)C(=O)N(c2ccccc2C)C3=O)c1C. The zero-order valence-corrected chi connectivity index (χ0v) is 19.3. The minimum atomic E-state index is -0.745. The molecule has 3 aromatic rings. The monoisotopic (exact) mass is 456 g/mol. The van der Waals surface area contributed by atoms with E-state index in [1.54, 1.807) is 24.3 Å². The predicted molar refractivity (Wildman–Crippen MR) is 127 cm³/mol. The first-order valence-electron chi connectivity index (χ1n) is 10.8. The molecule has 0 N–H and O–H groups in total. The second kappa shape index (κ2) is 8.94. The van der Waals surface area contributed by atoms with Crippen molar-refractivity contribution in [2.75, 3.05) is 11.5 Å². The van der Waals surface area contributed by atoms with Crippen molar-refractivity contribution in [2.24, 2.45) is 0 Å². The van der Waals surface area contributed by atoms with Gasteiger partial charge in [0.2, 0.25) is 5.78 Å². The normalized spacial score (nSPS) is 12.6. The molecule has 1 aliphatic heterocycles. The van der Waals surface area contributed by atoms with Crippen LogP contribution >= 0.6 is 0 Å². The molecule has 4 rings (SSSR count). The molecule has 0 aliphatic carbocycles. The van der Waals surface area contributed by atoms with Gasteiger partial charge >= 0.3 is 5.97 Å². The summed E-state index contributed by atoms with van der Waals surface area (Å²) in [4.78, 5) is 52.3. The Morgan fingerprint density at radius 2 is 1.68 bits per heavy atom. The van der Waals surface area contributed by atoms with Gasteiger partial charge in [0.15, 0.2) is 6.61 Å². The zero-order valence-electron chi connectivity index (χ0n) is 19.3. The number of esters is 1. The van der Waals surface area contributed by atoms with Crippen LogP contribution in [0.3, 0.4) is 0 Å². The summed E-state index contributed by atoms with van der Waals surface area (Å²) in [5, 5.41) is 0. The minimum absolute atomic E-state index is 0.0939. The summed E-state index contributed by atoms with van der Waals surface area (Å²) in [6.45, 7) is 9.40. The number of ketones is 1. The topological polar surface area (TPSA) is 85.7 Å². The molecule has 2 heterocycles. The first kappa shape index (κ1) is 22.9. The lowest BCUT2D eigenvalue weighted by molar-refractivity contribution is 0.0474. The quantitative estimate of drug-likeness (QED) is 0.227. The molecule has 0 unspecified atom stereocenters. The number of hydrogen-bond donors (Lipinski definition) is 0. The van der Waals surface area contributed by atoms with E-state index in [-0.39, 0.29) is 22.5 Å². The highest BCUT2D eigenvalue weighted by molar-refractivity contribution is 6.35. The molecule has 1 aromatic heterocycles. The number of carbonyl (C=O) groups is 4. The van der Waals surface area contributed by atoms with Crippen molar-refractivity contribution in [3.63, 3.8) is 0 Å². The first-order valence-corrected chi connectivity index (χ1v) is 10.8. The highest BCUT2D eigenvalue weighted by atomic mass is 16.5. The fourth-order valence-electron chi connectivity index (χ4n) is 4.19. The predicted octanol–water partition coefficient (Wildman–Crippen LogP) is 4.44. The number of benzene rings is 2. The van der Waals surface area contributed by atoms with Crippen LogP contribution < -0.4 is 4.90 Å². The van der Waals surface area contributed by atoms with Gasteiger partial charge in [-0.05, 0) is 56.7 Å². The number of imide groups is 1. The molecule has 2 amide bonds. The molecular formula is C27H24N2O5. The standard InChI is InChI=1S/C27H24N2O5/c1-5-12-28-17(3)13-21(18(28)4)24(30)15-34-27(33)19-10-11-20-22(14-19)26(32)29(25(20)31)23-9-7-6-8-16(23)2/h5-11,13-14H,1,12,15H2,2-4H3. The maximum atomic E-state index is 13.0. The van der Waals surface area contributed by atoms with E-state index in [1.807, 2.05) is 37.5 Å². The van der Waals surface area contributed by atoms with Gasteiger partial charge in [-0.2, -0.15) is 0 Å². The number of aromatic nitrogens is 1. The van der Waals surface area contributed by atoms with Crippen molar-refractivity contribution in [3.8, 4) is 0 Å². The number of fused-ring (bicyclic) bond motifs is 1. The number of allylic oxidation sites excluding steroid dienone is 1. The zero-order chi connectivity index (χ0) is 24.6. The molecule has 0 fully saturated rings. The van der Waals surface area contributed by atoms with E-state index >= 15 is 0 Å². The van der Waals surface area contributed by atoms with E-state index < -0.39 is 24.4 Å². The van der Waals surface area contributed by atoms with Gasteiger partial charge in [-0.1, -0.05) is 24.3 Å². The van der Waals surface area contributed by atoms with Gasteiger partial charge in [0, 0.05) is 23.5 Å². The average Bonchev–Trinajstić information content (AvgIpc) is 3.25. The van der Waals surface area contributed by atoms with E-state index in [1.165, 1.54) is 18.2 Å². The molecule has 0 spiro atoms. The van der Waals surface area contributed by atoms with Gasteiger partial charge < -0.3 is 9.30 Å². The van der Waals surface area contributed by atoms with Crippen molar-refractivity contribution < 1.29 is 23.9 Å². The summed E-state index contributed by atoms with van der Waals surface area (Å²) in [5.41, 5.74) is 3.88.